The van der Waals surface area contributed by atoms with Crippen LogP contribution in [0.15, 0.2) is 21.9 Å². The monoisotopic (exact) mass is 359 g/mol. The van der Waals surface area contributed by atoms with Gasteiger partial charge >= 0.3 is 0 Å². The van der Waals surface area contributed by atoms with Crippen LogP contribution in [-0.4, -0.2) is 16.8 Å². The minimum absolute atomic E-state index is 0.0998. The minimum Gasteiger partial charge on any atom is -0.458 e. The Morgan fingerprint density at radius 3 is 2.92 bits per heavy atom. The topological polar surface area (TPSA) is 84.2 Å². The number of nitrogens with one attached hydrogen (secondary N) is 2. The Morgan fingerprint density at radius 1 is 1.32 bits per heavy atom. The van der Waals surface area contributed by atoms with Crippen LogP contribution >= 0.6 is 11.3 Å². The highest BCUT2D eigenvalue weighted by molar-refractivity contribution is 7.14. The molecule has 2 N–H and O–H groups in total. The molecule has 25 heavy (non-hydrogen) atoms. The number of carbonyl (C=O) groups excluding carboxylic acids is 2. The van der Waals surface area contributed by atoms with Crippen molar-refractivity contribution < 1.29 is 14.0 Å². The average molecular weight is 359 g/mol. The van der Waals surface area contributed by atoms with Crippen LogP contribution in [0, 0.1) is 17.8 Å². The molecule has 0 aromatic carbocycles. The van der Waals surface area contributed by atoms with Gasteiger partial charge in [0.2, 0.25) is 11.8 Å². The summed E-state index contributed by atoms with van der Waals surface area (Å²) < 4.78 is 5.70. The van der Waals surface area contributed by atoms with E-state index in [-0.39, 0.29) is 17.7 Å². The second kappa shape index (κ2) is 6.63. The third-order valence-electron chi connectivity index (χ3n) is 5.23. The fraction of sp³-hybridized carbons (Fsp3) is 0.500. The minimum atomic E-state index is -0.0998. The maximum absolute atomic E-state index is 12.5. The Labute approximate surface area is 150 Å². The first-order valence-electron chi connectivity index (χ1n) is 8.68. The fourth-order valence-electron chi connectivity index (χ4n) is 4.03. The summed E-state index contributed by atoms with van der Waals surface area (Å²) in [6, 6.07) is 3.64. The van der Waals surface area contributed by atoms with Crippen molar-refractivity contribution in [2.24, 2.45) is 17.8 Å². The lowest BCUT2D eigenvalue weighted by Crippen LogP contribution is -2.27. The SMILES string of the molecule is CC(=O)NCc1ccc(-c2csc(NC(=O)C3CC4CCC3C4)n2)o1. The average Bonchev–Trinajstić information content (AvgIpc) is 3.35. The van der Waals surface area contributed by atoms with Crippen molar-refractivity contribution in [3.05, 3.63) is 23.3 Å². The molecule has 2 amide bonds. The van der Waals surface area contributed by atoms with Crippen LogP contribution in [0.5, 0.6) is 0 Å². The number of rotatable bonds is 5. The van der Waals surface area contributed by atoms with Crippen LogP contribution in [-0.2, 0) is 16.1 Å². The van der Waals surface area contributed by atoms with E-state index in [0.29, 0.717) is 34.8 Å². The Hall–Kier alpha value is -2.15. The molecule has 3 atom stereocenters. The molecule has 2 heterocycles. The van der Waals surface area contributed by atoms with Gasteiger partial charge in [0.1, 0.15) is 11.5 Å². The van der Waals surface area contributed by atoms with Gasteiger partial charge in [0.25, 0.3) is 0 Å². The molecule has 3 unspecified atom stereocenters. The highest BCUT2D eigenvalue weighted by atomic mass is 32.1. The van der Waals surface area contributed by atoms with E-state index in [4.69, 9.17) is 4.42 Å². The Bertz CT molecular complexity index is 797. The smallest absolute Gasteiger partial charge is 0.229 e. The zero-order chi connectivity index (χ0) is 17.4. The first kappa shape index (κ1) is 16.3. The van der Waals surface area contributed by atoms with Crippen LogP contribution in [0.25, 0.3) is 11.5 Å². The molecule has 2 fully saturated rings. The number of carbonyl (C=O) groups is 2. The molecular formula is C18H21N3O3S. The zero-order valence-corrected chi connectivity index (χ0v) is 14.9. The third kappa shape index (κ3) is 3.46. The normalized spacial score (nSPS) is 24.4. The molecule has 2 aromatic rings. The fourth-order valence-corrected chi connectivity index (χ4v) is 4.73. The van der Waals surface area contributed by atoms with E-state index in [2.05, 4.69) is 15.6 Å². The van der Waals surface area contributed by atoms with E-state index in [9.17, 15) is 9.59 Å². The number of fused-ring (bicyclic) bond motifs is 2. The first-order chi connectivity index (χ1) is 12.1. The number of hydrogen-bond donors (Lipinski definition) is 2. The van der Waals surface area contributed by atoms with Gasteiger partial charge in [-0.05, 0) is 43.2 Å². The van der Waals surface area contributed by atoms with Crippen molar-refractivity contribution in [3.63, 3.8) is 0 Å². The van der Waals surface area contributed by atoms with Crippen molar-refractivity contribution in [3.8, 4) is 11.5 Å². The molecule has 6 nitrogen and oxygen atoms in total. The Kier molecular flexibility index (Phi) is 4.33. The number of amides is 2. The van der Waals surface area contributed by atoms with Crippen molar-refractivity contribution in [2.45, 2.75) is 39.2 Å². The zero-order valence-electron chi connectivity index (χ0n) is 14.1. The van der Waals surface area contributed by atoms with Gasteiger partial charge in [-0.3, -0.25) is 9.59 Å². The Balaban J connectivity index is 1.38. The second-order valence-corrected chi connectivity index (χ2v) is 7.84. The van der Waals surface area contributed by atoms with E-state index in [1.807, 2.05) is 17.5 Å². The van der Waals surface area contributed by atoms with Crippen LogP contribution < -0.4 is 10.6 Å². The molecule has 2 aliphatic carbocycles. The molecule has 7 heteroatoms. The summed E-state index contributed by atoms with van der Waals surface area (Å²) in [6.45, 7) is 1.82. The van der Waals surface area contributed by atoms with Gasteiger partial charge in [-0.15, -0.1) is 11.3 Å². The molecule has 2 aliphatic rings. The number of hydrogen-bond acceptors (Lipinski definition) is 5. The highest BCUT2D eigenvalue weighted by Crippen LogP contribution is 2.48. The molecule has 2 saturated carbocycles. The van der Waals surface area contributed by atoms with E-state index in [0.717, 1.165) is 12.3 Å². The van der Waals surface area contributed by atoms with Gasteiger partial charge in [-0.1, -0.05) is 6.42 Å². The van der Waals surface area contributed by atoms with Crippen LogP contribution in [0.2, 0.25) is 0 Å². The molecule has 0 saturated heterocycles. The number of nitrogens with zero attached hydrogens (tertiary/aromatic N) is 1. The summed E-state index contributed by atoms with van der Waals surface area (Å²) in [5, 5.41) is 8.16. The van der Waals surface area contributed by atoms with E-state index < -0.39 is 0 Å². The van der Waals surface area contributed by atoms with E-state index >= 15 is 0 Å². The van der Waals surface area contributed by atoms with Crippen molar-refractivity contribution in [2.75, 3.05) is 5.32 Å². The maximum atomic E-state index is 12.5. The highest BCUT2D eigenvalue weighted by Gasteiger charge is 2.43. The van der Waals surface area contributed by atoms with Gasteiger partial charge < -0.3 is 15.1 Å². The van der Waals surface area contributed by atoms with Gasteiger partial charge in [-0.2, -0.15) is 0 Å². The van der Waals surface area contributed by atoms with Crippen LogP contribution in [0.4, 0.5) is 5.13 Å². The van der Waals surface area contributed by atoms with E-state index in [1.165, 1.54) is 37.5 Å². The largest absolute Gasteiger partial charge is 0.458 e. The summed E-state index contributed by atoms with van der Waals surface area (Å²) in [5.41, 5.74) is 0.697. The maximum Gasteiger partial charge on any atom is 0.229 e. The summed E-state index contributed by atoms with van der Waals surface area (Å²) in [6.07, 6.45) is 4.72. The third-order valence-corrected chi connectivity index (χ3v) is 5.99. The lowest BCUT2D eigenvalue weighted by Gasteiger charge is -2.19. The van der Waals surface area contributed by atoms with Crippen LogP contribution in [0.3, 0.4) is 0 Å². The lowest BCUT2D eigenvalue weighted by atomic mass is 9.88. The number of aromatic nitrogens is 1. The summed E-state index contributed by atoms with van der Waals surface area (Å²) >= 11 is 1.41. The summed E-state index contributed by atoms with van der Waals surface area (Å²) in [5.74, 6) is 2.78. The standard InChI is InChI=1S/C18H21N3O3S/c1-10(22)19-8-13-4-5-16(24-13)15-9-25-18(20-15)21-17(23)14-7-11-2-3-12(14)6-11/h4-5,9,11-12,14H,2-3,6-8H2,1H3,(H,19,22)(H,20,21,23). The molecule has 2 aromatic heterocycles. The molecule has 0 aliphatic heterocycles. The van der Waals surface area contributed by atoms with Crippen molar-refractivity contribution >= 4 is 28.3 Å². The van der Waals surface area contributed by atoms with Crippen molar-refractivity contribution in [1.82, 2.24) is 10.3 Å². The van der Waals surface area contributed by atoms with Gasteiger partial charge in [0, 0.05) is 18.2 Å². The number of furan rings is 1. The summed E-state index contributed by atoms with van der Waals surface area (Å²) in [4.78, 5) is 27.9. The predicted octanol–water partition coefficient (Wildman–Crippen LogP) is 3.41. The van der Waals surface area contributed by atoms with E-state index in [1.54, 1.807) is 0 Å². The molecule has 4 rings (SSSR count). The number of anilines is 1. The van der Waals surface area contributed by atoms with Gasteiger partial charge in [0.05, 0.1) is 6.54 Å². The summed E-state index contributed by atoms with van der Waals surface area (Å²) in [7, 11) is 0. The molecule has 0 spiro atoms. The number of thiazole rings is 1. The predicted molar refractivity (Wildman–Crippen MR) is 94.9 cm³/mol. The van der Waals surface area contributed by atoms with Crippen LogP contribution in [0.1, 0.15) is 38.4 Å². The molecule has 2 bridgehead atoms. The van der Waals surface area contributed by atoms with Gasteiger partial charge in [0.15, 0.2) is 10.9 Å². The van der Waals surface area contributed by atoms with Gasteiger partial charge in [-0.25, -0.2) is 4.98 Å². The van der Waals surface area contributed by atoms with Crippen molar-refractivity contribution in [1.29, 1.82) is 0 Å². The molecule has 0 radical (unpaired) electrons. The molecular weight excluding hydrogens is 338 g/mol. The molecule has 132 valence electrons. The first-order valence-corrected chi connectivity index (χ1v) is 9.56. The Morgan fingerprint density at radius 2 is 2.20 bits per heavy atom. The second-order valence-electron chi connectivity index (χ2n) is 6.98. The quantitative estimate of drug-likeness (QED) is 0.857. The lowest BCUT2D eigenvalue weighted by molar-refractivity contribution is -0.121.